The summed E-state index contributed by atoms with van der Waals surface area (Å²) in [7, 11) is 0. The number of nitrogens with zero attached hydrogens (tertiary/aromatic N) is 7. The first-order valence-electron chi connectivity index (χ1n) is 12.2. The maximum atomic E-state index is 4.87. The van der Waals surface area contributed by atoms with Crippen molar-refractivity contribution >= 4 is 18.1 Å². The number of piperazine rings is 1. The lowest BCUT2D eigenvalue weighted by molar-refractivity contribution is 0.249. The Morgan fingerprint density at radius 1 is 0.917 bits per heavy atom. The van der Waals surface area contributed by atoms with E-state index in [9.17, 15) is 0 Å². The van der Waals surface area contributed by atoms with Crippen LogP contribution in [0.2, 0.25) is 0 Å². The lowest BCUT2D eigenvalue weighted by Crippen LogP contribution is -2.46. The van der Waals surface area contributed by atoms with Gasteiger partial charge in [0.25, 0.3) is 0 Å². The van der Waals surface area contributed by atoms with E-state index in [1.54, 1.807) is 0 Å². The first-order valence-corrected chi connectivity index (χ1v) is 12.2. The highest BCUT2D eigenvalue weighted by Crippen LogP contribution is 2.32. The van der Waals surface area contributed by atoms with Crippen LogP contribution in [0.25, 0.3) is 27.8 Å². The number of hydrogen-bond donors (Lipinski definition) is 1. The minimum Gasteiger partial charge on any atom is -0.354 e. The minimum absolute atomic E-state index is 0.514. The zero-order chi connectivity index (χ0) is 24.3. The summed E-state index contributed by atoms with van der Waals surface area (Å²) in [6.45, 7) is 9.18. The molecule has 1 fully saturated rings. The highest BCUT2D eigenvalue weighted by molar-refractivity contribution is 5.86. The van der Waals surface area contributed by atoms with Gasteiger partial charge in [-0.15, -0.1) is 0 Å². The van der Waals surface area contributed by atoms with Crippen LogP contribution in [0, 0.1) is 0 Å². The van der Waals surface area contributed by atoms with E-state index in [-0.39, 0.29) is 0 Å². The number of pyridine rings is 2. The second-order valence-corrected chi connectivity index (χ2v) is 9.13. The van der Waals surface area contributed by atoms with Crippen LogP contribution in [-0.2, 0) is 13.1 Å². The highest BCUT2D eigenvalue weighted by Gasteiger charge is 2.19. The number of aromatic nitrogens is 5. The van der Waals surface area contributed by atoms with E-state index in [0.717, 1.165) is 71.9 Å². The van der Waals surface area contributed by atoms with E-state index in [2.05, 4.69) is 85.3 Å². The Bertz CT molecular complexity index is 1450. The summed E-state index contributed by atoms with van der Waals surface area (Å²) in [4.78, 5) is 13.8. The molecule has 0 atom stereocenters. The van der Waals surface area contributed by atoms with Crippen molar-refractivity contribution < 1.29 is 0 Å². The Labute approximate surface area is 209 Å². The number of benzene rings is 1. The third kappa shape index (κ3) is 4.38. The van der Waals surface area contributed by atoms with Crippen molar-refractivity contribution in [2.45, 2.75) is 13.1 Å². The van der Waals surface area contributed by atoms with Crippen molar-refractivity contribution in [1.82, 2.24) is 29.7 Å². The molecule has 4 aromatic heterocycles. The maximum Gasteiger partial charge on any atom is 0.128 e. The molecule has 0 aliphatic carbocycles. The van der Waals surface area contributed by atoms with Gasteiger partial charge in [0, 0.05) is 79.1 Å². The summed E-state index contributed by atoms with van der Waals surface area (Å²) >= 11 is 0. The number of anilines is 1. The topological polar surface area (TPSA) is 77.7 Å². The van der Waals surface area contributed by atoms with Crippen LogP contribution in [0.5, 0.6) is 0 Å². The van der Waals surface area contributed by atoms with Gasteiger partial charge in [0.2, 0.25) is 0 Å². The Hall–Kier alpha value is -4.30. The van der Waals surface area contributed by atoms with Gasteiger partial charge in [0.15, 0.2) is 0 Å². The summed E-state index contributed by atoms with van der Waals surface area (Å²) < 4.78 is 1.91. The predicted octanol–water partition coefficient (Wildman–Crippen LogP) is 4.31. The van der Waals surface area contributed by atoms with E-state index in [4.69, 9.17) is 4.98 Å². The van der Waals surface area contributed by atoms with Crippen molar-refractivity contribution in [1.29, 1.82) is 0 Å². The van der Waals surface area contributed by atoms with E-state index >= 15 is 0 Å². The molecule has 0 saturated carbocycles. The molecule has 0 unspecified atom stereocenters. The molecule has 1 saturated heterocycles. The zero-order valence-corrected chi connectivity index (χ0v) is 20.1. The van der Waals surface area contributed by atoms with Crippen molar-refractivity contribution in [2.24, 2.45) is 4.99 Å². The Morgan fingerprint density at radius 3 is 2.50 bits per heavy atom. The summed E-state index contributed by atoms with van der Waals surface area (Å²) in [5.41, 5.74) is 7.58. The molecule has 0 spiro atoms. The van der Waals surface area contributed by atoms with Gasteiger partial charge >= 0.3 is 0 Å². The second kappa shape index (κ2) is 9.75. The summed E-state index contributed by atoms with van der Waals surface area (Å²) in [6.07, 6.45) is 9.56. The molecule has 1 aliphatic heterocycles. The molecule has 0 bridgehead atoms. The molecular weight excluding hydrogens is 448 g/mol. The standard InChI is InChI=1S/C28H28N8/c1-29-14-25-18-33-36-20-23(24-16-31-32-17-24)13-26(28(25)36)22-7-8-27(30-15-22)35-11-9-34(10-12-35)19-21-5-3-2-4-6-21/h2-8,13,15-18,20H,1,9-12,14,19H2,(H,31,32). The molecule has 6 rings (SSSR count). The molecule has 1 aromatic carbocycles. The molecule has 0 amide bonds. The second-order valence-electron chi connectivity index (χ2n) is 9.13. The molecular formula is C28H28N8. The molecule has 0 radical (unpaired) electrons. The van der Waals surface area contributed by atoms with E-state index in [0.29, 0.717) is 6.54 Å². The molecule has 180 valence electrons. The number of rotatable bonds is 7. The van der Waals surface area contributed by atoms with Gasteiger partial charge in [-0.05, 0) is 30.5 Å². The number of aliphatic imine (C=N–C) groups is 1. The summed E-state index contributed by atoms with van der Waals surface area (Å²) in [6, 6.07) is 17.1. The van der Waals surface area contributed by atoms with Crippen LogP contribution in [0.4, 0.5) is 5.82 Å². The molecule has 8 nitrogen and oxygen atoms in total. The van der Waals surface area contributed by atoms with Crippen LogP contribution >= 0.6 is 0 Å². The van der Waals surface area contributed by atoms with E-state index in [1.807, 2.05) is 35.5 Å². The van der Waals surface area contributed by atoms with Gasteiger partial charge in [0.1, 0.15) is 5.82 Å². The van der Waals surface area contributed by atoms with Gasteiger partial charge < -0.3 is 4.90 Å². The Balaban J connectivity index is 1.25. The summed E-state index contributed by atoms with van der Waals surface area (Å²) in [5, 5.41) is 11.6. The molecule has 36 heavy (non-hydrogen) atoms. The third-order valence-corrected chi connectivity index (χ3v) is 6.81. The SMILES string of the molecule is C=NCc1cnn2cc(-c3cn[nH]c3)cc(-c3ccc(N4CCN(Cc5ccccc5)CC4)nc3)c12. The van der Waals surface area contributed by atoms with Crippen LogP contribution in [0.3, 0.4) is 0 Å². The largest absolute Gasteiger partial charge is 0.354 e. The monoisotopic (exact) mass is 476 g/mol. The van der Waals surface area contributed by atoms with E-state index < -0.39 is 0 Å². The quantitative estimate of drug-likeness (QED) is 0.354. The fourth-order valence-corrected chi connectivity index (χ4v) is 4.92. The average molecular weight is 477 g/mol. The van der Waals surface area contributed by atoms with Gasteiger partial charge in [0.05, 0.1) is 24.5 Å². The molecule has 1 aliphatic rings. The molecule has 1 N–H and O–H groups in total. The van der Waals surface area contributed by atoms with Gasteiger partial charge in [-0.2, -0.15) is 10.2 Å². The van der Waals surface area contributed by atoms with E-state index in [1.165, 1.54) is 5.56 Å². The van der Waals surface area contributed by atoms with Gasteiger partial charge in [-0.25, -0.2) is 9.50 Å². The minimum atomic E-state index is 0.514. The van der Waals surface area contributed by atoms with Gasteiger partial charge in [-0.1, -0.05) is 30.3 Å². The van der Waals surface area contributed by atoms with Crippen molar-refractivity contribution in [3.8, 4) is 22.3 Å². The lowest BCUT2D eigenvalue weighted by Gasteiger charge is -2.35. The number of aromatic amines is 1. The third-order valence-electron chi connectivity index (χ3n) is 6.81. The van der Waals surface area contributed by atoms with Crippen molar-refractivity contribution in [3.63, 3.8) is 0 Å². The lowest BCUT2D eigenvalue weighted by atomic mass is 10.0. The Morgan fingerprint density at radius 2 is 1.78 bits per heavy atom. The fraction of sp³-hybridized carbons (Fsp3) is 0.214. The van der Waals surface area contributed by atoms with Crippen LogP contribution in [-0.4, -0.2) is 62.6 Å². The maximum absolute atomic E-state index is 4.87. The average Bonchev–Trinajstić information content (AvgIpc) is 3.61. The number of hydrogen-bond acceptors (Lipinski definition) is 6. The Kier molecular flexibility index (Phi) is 6.01. The first-order chi connectivity index (χ1) is 17.8. The molecule has 8 heteroatoms. The predicted molar refractivity (Wildman–Crippen MR) is 143 cm³/mol. The highest BCUT2D eigenvalue weighted by atomic mass is 15.3. The number of H-pyrrole nitrogens is 1. The fourth-order valence-electron chi connectivity index (χ4n) is 4.92. The number of fused-ring (bicyclic) bond motifs is 1. The zero-order valence-electron chi connectivity index (χ0n) is 20.1. The van der Waals surface area contributed by atoms with Crippen LogP contribution < -0.4 is 4.90 Å². The number of nitrogens with one attached hydrogen (secondary N) is 1. The van der Waals surface area contributed by atoms with Crippen molar-refractivity contribution in [3.05, 3.63) is 90.6 Å². The summed E-state index contributed by atoms with van der Waals surface area (Å²) in [5.74, 6) is 1.02. The smallest absolute Gasteiger partial charge is 0.128 e. The van der Waals surface area contributed by atoms with Gasteiger partial charge in [-0.3, -0.25) is 15.0 Å². The normalized spacial score (nSPS) is 14.4. The van der Waals surface area contributed by atoms with Crippen molar-refractivity contribution in [2.75, 3.05) is 31.1 Å². The molecule has 5 aromatic rings. The van der Waals surface area contributed by atoms with Crippen LogP contribution in [0.15, 0.2) is 84.5 Å². The van der Waals surface area contributed by atoms with Crippen LogP contribution in [0.1, 0.15) is 11.1 Å². The first kappa shape index (κ1) is 22.2. The molecule has 5 heterocycles.